The lowest BCUT2D eigenvalue weighted by Crippen LogP contribution is -2.38. The maximum absolute atomic E-state index is 12.7. The molecule has 1 aromatic carbocycles. The predicted molar refractivity (Wildman–Crippen MR) is 73.5 cm³/mol. The topological polar surface area (TPSA) is 61.4 Å². The minimum Gasteiger partial charge on any atom is -0.393 e. The minimum absolute atomic E-state index is 0.186. The van der Waals surface area contributed by atoms with Crippen molar-refractivity contribution < 1.29 is 14.3 Å². The van der Waals surface area contributed by atoms with Gasteiger partial charge in [-0.05, 0) is 43.0 Å². The summed E-state index contributed by atoms with van der Waals surface area (Å²) in [6, 6.07) is 5.22. The Balaban J connectivity index is 2.41. The molecular formula is C14H21FN2O2. The Morgan fingerprint density at radius 2 is 1.95 bits per heavy atom. The van der Waals surface area contributed by atoms with Crippen LogP contribution in [0, 0.1) is 11.2 Å². The lowest BCUT2D eigenvalue weighted by atomic mass is 9.87. The number of hydrogen-bond donors (Lipinski definition) is 3. The van der Waals surface area contributed by atoms with Crippen LogP contribution >= 0.6 is 0 Å². The predicted octanol–water partition coefficient (Wildman–Crippen LogP) is 2.74. The average Bonchev–Trinajstić information content (AvgIpc) is 2.28. The van der Waals surface area contributed by atoms with Gasteiger partial charge < -0.3 is 15.7 Å². The van der Waals surface area contributed by atoms with Crippen molar-refractivity contribution in [2.45, 2.75) is 33.3 Å². The number of carbonyl (C=O) groups excluding carboxylic acids is 1. The number of halogens is 1. The standard InChI is InChI=1S/C14H21FN2O2/c1-10(18)8-14(2,3)9-16-13(19)17-12-6-4-11(15)5-7-12/h4-7,10,18H,8-9H2,1-3H3,(H2,16,17,19). The van der Waals surface area contributed by atoms with Crippen LogP contribution < -0.4 is 10.6 Å². The number of anilines is 1. The van der Waals surface area contributed by atoms with Gasteiger partial charge in [0, 0.05) is 12.2 Å². The first kappa shape index (κ1) is 15.4. The number of rotatable bonds is 5. The van der Waals surface area contributed by atoms with Crippen LogP contribution in [0.2, 0.25) is 0 Å². The second-order valence-electron chi connectivity index (χ2n) is 5.53. The Kier molecular flexibility index (Phi) is 5.30. The SMILES string of the molecule is CC(O)CC(C)(C)CNC(=O)Nc1ccc(F)cc1. The summed E-state index contributed by atoms with van der Waals surface area (Å²) < 4.78 is 12.7. The van der Waals surface area contributed by atoms with Gasteiger partial charge in [-0.1, -0.05) is 13.8 Å². The molecule has 0 radical (unpaired) electrons. The molecule has 1 atom stereocenters. The summed E-state index contributed by atoms with van der Waals surface area (Å²) in [5.74, 6) is -0.343. The van der Waals surface area contributed by atoms with Crippen molar-refractivity contribution in [2.75, 3.05) is 11.9 Å². The van der Waals surface area contributed by atoms with Crippen molar-refractivity contribution in [3.8, 4) is 0 Å². The van der Waals surface area contributed by atoms with Gasteiger partial charge in [-0.2, -0.15) is 0 Å². The molecule has 4 nitrogen and oxygen atoms in total. The first-order chi connectivity index (χ1) is 8.78. The first-order valence-electron chi connectivity index (χ1n) is 6.27. The molecule has 0 saturated heterocycles. The molecule has 0 aliphatic carbocycles. The summed E-state index contributed by atoms with van der Waals surface area (Å²) >= 11 is 0. The minimum atomic E-state index is -0.406. The highest BCUT2D eigenvalue weighted by Gasteiger charge is 2.21. The Morgan fingerprint density at radius 1 is 1.37 bits per heavy atom. The van der Waals surface area contributed by atoms with Crippen LogP contribution in [0.1, 0.15) is 27.2 Å². The quantitative estimate of drug-likeness (QED) is 0.769. The maximum atomic E-state index is 12.7. The zero-order valence-corrected chi connectivity index (χ0v) is 11.5. The fourth-order valence-electron chi connectivity index (χ4n) is 1.90. The van der Waals surface area contributed by atoms with Gasteiger partial charge in [-0.3, -0.25) is 0 Å². The molecule has 19 heavy (non-hydrogen) atoms. The van der Waals surface area contributed by atoms with E-state index in [-0.39, 0.29) is 17.3 Å². The van der Waals surface area contributed by atoms with Gasteiger partial charge in [-0.15, -0.1) is 0 Å². The van der Waals surface area contributed by atoms with Crippen molar-refractivity contribution in [3.63, 3.8) is 0 Å². The zero-order chi connectivity index (χ0) is 14.5. The molecule has 0 aliphatic heterocycles. The number of nitrogens with one attached hydrogen (secondary N) is 2. The highest BCUT2D eigenvalue weighted by Crippen LogP contribution is 2.21. The lowest BCUT2D eigenvalue weighted by molar-refractivity contribution is 0.129. The Labute approximate surface area is 113 Å². The van der Waals surface area contributed by atoms with E-state index in [0.717, 1.165) is 0 Å². The Morgan fingerprint density at radius 3 is 2.47 bits per heavy atom. The molecule has 0 bridgehead atoms. The van der Waals surface area contributed by atoms with E-state index < -0.39 is 6.10 Å². The number of amides is 2. The third kappa shape index (κ3) is 6.20. The summed E-state index contributed by atoms with van der Waals surface area (Å²) in [7, 11) is 0. The fraction of sp³-hybridized carbons (Fsp3) is 0.500. The van der Waals surface area contributed by atoms with Crippen LogP contribution in [-0.2, 0) is 0 Å². The van der Waals surface area contributed by atoms with Gasteiger partial charge in [-0.25, -0.2) is 9.18 Å². The molecule has 2 amide bonds. The van der Waals surface area contributed by atoms with Gasteiger partial charge in [0.25, 0.3) is 0 Å². The fourth-order valence-corrected chi connectivity index (χ4v) is 1.90. The van der Waals surface area contributed by atoms with Gasteiger partial charge >= 0.3 is 6.03 Å². The smallest absolute Gasteiger partial charge is 0.319 e. The molecule has 0 spiro atoms. The molecule has 1 rings (SSSR count). The van der Waals surface area contributed by atoms with Crippen molar-refractivity contribution in [3.05, 3.63) is 30.1 Å². The van der Waals surface area contributed by atoms with Gasteiger partial charge in [0.1, 0.15) is 5.82 Å². The molecule has 3 N–H and O–H groups in total. The van der Waals surface area contributed by atoms with Crippen molar-refractivity contribution in [1.82, 2.24) is 5.32 Å². The van der Waals surface area contributed by atoms with Crippen LogP contribution in [0.5, 0.6) is 0 Å². The number of benzene rings is 1. The highest BCUT2D eigenvalue weighted by atomic mass is 19.1. The van der Waals surface area contributed by atoms with E-state index in [1.54, 1.807) is 6.92 Å². The van der Waals surface area contributed by atoms with Crippen LogP contribution in [0.4, 0.5) is 14.9 Å². The monoisotopic (exact) mass is 268 g/mol. The van der Waals surface area contributed by atoms with E-state index in [1.165, 1.54) is 24.3 Å². The first-order valence-corrected chi connectivity index (χ1v) is 6.27. The molecule has 1 aromatic rings. The van der Waals surface area contributed by atoms with Crippen LogP contribution in [0.3, 0.4) is 0 Å². The van der Waals surface area contributed by atoms with Crippen LogP contribution in [-0.4, -0.2) is 23.8 Å². The van der Waals surface area contributed by atoms with Crippen molar-refractivity contribution in [2.24, 2.45) is 5.41 Å². The lowest BCUT2D eigenvalue weighted by Gasteiger charge is -2.26. The molecule has 1 unspecified atom stereocenters. The molecular weight excluding hydrogens is 247 g/mol. The van der Waals surface area contributed by atoms with E-state index in [0.29, 0.717) is 18.7 Å². The van der Waals surface area contributed by atoms with Crippen LogP contribution in [0.15, 0.2) is 24.3 Å². The summed E-state index contributed by atoms with van der Waals surface area (Å²) in [6.07, 6.45) is 0.195. The molecule has 0 aliphatic rings. The van der Waals surface area contributed by atoms with E-state index in [1.807, 2.05) is 13.8 Å². The Bertz CT molecular complexity index is 416. The molecule has 106 valence electrons. The summed E-state index contributed by atoms with van der Waals surface area (Å²) in [5, 5.41) is 14.7. The molecule has 0 heterocycles. The third-order valence-electron chi connectivity index (χ3n) is 2.68. The molecule has 0 saturated carbocycles. The Hall–Kier alpha value is -1.62. The zero-order valence-electron chi connectivity index (χ0n) is 11.5. The third-order valence-corrected chi connectivity index (χ3v) is 2.68. The number of aliphatic hydroxyl groups is 1. The number of carbonyl (C=O) groups is 1. The van der Waals surface area contributed by atoms with E-state index >= 15 is 0 Å². The van der Waals surface area contributed by atoms with E-state index in [9.17, 15) is 14.3 Å². The summed E-state index contributed by atoms with van der Waals surface area (Å²) in [4.78, 5) is 11.7. The maximum Gasteiger partial charge on any atom is 0.319 e. The number of hydrogen-bond acceptors (Lipinski definition) is 2. The normalized spacial score (nSPS) is 12.9. The summed E-state index contributed by atoms with van der Waals surface area (Å²) in [5.41, 5.74) is 0.348. The highest BCUT2D eigenvalue weighted by molar-refractivity contribution is 5.89. The molecule has 0 aromatic heterocycles. The van der Waals surface area contributed by atoms with E-state index in [2.05, 4.69) is 10.6 Å². The molecule has 5 heteroatoms. The van der Waals surface area contributed by atoms with Gasteiger partial charge in [0.15, 0.2) is 0 Å². The number of aliphatic hydroxyl groups excluding tert-OH is 1. The van der Waals surface area contributed by atoms with Gasteiger partial charge in [0.2, 0.25) is 0 Å². The van der Waals surface area contributed by atoms with Crippen molar-refractivity contribution >= 4 is 11.7 Å². The number of urea groups is 1. The largest absolute Gasteiger partial charge is 0.393 e. The molecule has 0 fully saturated rings. The van der Waals surface area contributed by atoms with Crippen LogP contribution in [0.25, 0.3) is 0 Å². The van der Waals surface area contributed by atoms with E-state index in [4.69, 9.17) is 0 Å². The average molecular weight is 268 g/mol. The summed E-state index contributed by atoms with van der Waals surface area (Å²) in [6.45, 7) is 6.11. The van der Waals surface area contributed by atoms with Crippen molar-refractivity contribution in [1.29, 1.82) is 0 Å². The second-order valence-corrected chi connectivity index (χ2v) is 5.53. The second kappa shape index (κ2) is 6.52. The van der Waals surface area contributed by atoms with Gasteiger partial charge in [0.05, 0.1) is 6.10 Å².